The Bertz CT molecular complexity index is 441. The molecule has 1 atom stereocenters. The fourth-order valence-electron chi connectivity index (χ4n) is 1.64. The molecule has 0 spiro atoms. The molecule has 1 rings (SSSR count). The van der Waals surface area contributed by atoms with Crippen LogP contribution in [0.1, 0.15) is 32.3 Å². The number of carbonyl (C=O) groups excluding carboxylic acids is 2. The van der Waals surface area contributed by atoms with Gasteiger partial charge in [-0.05, 0) is 37.5 Å². The Labute approximate surface area is 119 Å². The molecular formula is C15H22N2O3. The van der Waals surface area contributed by atoms with Gasteiger partial charge in [-0.1, -0.05) is 25.5 Å². The van der Waals surface area contributed by atoms with Crippen molar-refractivity contribution in [3.05, 3.63) is 29.8 Å². The van der Waals surface area contributed by atoms with E-state index in [1.54, 1.807) is 12.1 Å². The van der Waals surface area contributed by atoms with E-state index in [2.05, 4.69) is 17.6 Å². The molecule has 0 heterocycles. The maximum absolute atomic E-state index is 11.6. The number of hydrogen-bond acceptors (Lipinski definition) is 3. The zero-order valence-corrected chi connectivity index (χ0v) is 12.0. The van der Waals surface area contributed by atoms with E-state index in [-0.39, 0.29) is 6.54 Å². The summed E-state index contributed by atoms with van der Waals surface area (Å²) in [6.07, 6.45) is 2.61. The van der Waals surface area contributed by atoms with Crippen LogP contribution in [0.3, 0.4) is 0 Å². The predicted molar refractivity (Wildman–Crippen MR) is 78.4 cm³/mol. The highest BCUT2D eigenvalue weighted by Gasteiger charge is 2.13. The summed E-state index contributed by atoms with van der Waals surface area (Å²) in [7, 11) is 0. The zero-order valence-electron chi connectivity index (χ0n) is 12.0. The Kier molecular flexibility index (Phi) is 6.73. The van der Waals surface area contributed by atoms with E-state index in [0.717, 1.165) is 19.3 Å². The highest BCUT2D eigenvalue weighted by Crippen LogP contribution is 2.11. The predicted octanol–water partition coefficient (Wildman–Crippen LogP) is 1.46. The molecule has 0 radical (unpaired) electrons. The quantitative estimate of drug-likeness (QED) is 0.689. The molecule has 0 aromatic heterocycles. The number of nitrogens with one attached hydrogen (secondary N) is 2. The number of aryl methyl sites for hydroxylation is 1. The molecule has 5 nitrogen and oxygen atoms in total. The molecule has 0 saturated heterocycles. The third-order valence-corrected chi connectivity index (χ3v) is 2.80. The minimum Gasteiger partial charge on any atom is -0.392 e. The van der Waals surface area contributed by atoms with Gasteiger partial charge in [0.1, 0.15) is 0 Å². The molecule has 0 aliphatic carbocycles. The minimum absolute atomic E-state index is 0.0577. The number of aliphatic hydroxyl groups excluding tert-OH is 1. The lowest BCUT2D eigenvalue weighted by Crippen LogP contribution is -2.38. The molecule has 0 aliphatic rings. The van der Waals surface area contributed by atoms with E-state index >= 15 is 0 Å². The first-order chi connectivity index (χ1) is 9.52. The fraction of sp³-hybridized carbons (Fsp3) is 0.467. The molecule has 20 heavy (non-hydrogen) atoms. The fourth-order valence-corrected chi connectivity index (χ4v) is 1.64. The Hall–Kier alpha value is -1.88. The average molecular weight is 278 g/mol. The summed E-state index contributed by atoms with van der Waals surface area (Å²) in [5.41, 5.74) is 1.80. The van der Waals surface area contributed by atoms with Gasteiger partial charge < -0.3 is 15.7 Å². The number of benzene rings is 1. The molecule has 2 amide bonds. The van der Waals surface area contributed by atoms with Crippen LogP contribution in [0.5, 0.6) is 0 Å². The monoisotopic (exact) mass is 278 g/mol. The van der Waals surface area contributed by atoms with Crippen LogP contribution in [0.2, 0.25) is 0 Å². The molecule has 0 fully saturated rings. The second kappa shape index (κ2) is 8.32. The molecule has 0 saturated carbocycles. The Morgan fingerprint density at radius 3 is 2.40 bits per heavy atom. The van der Waals surface area contributed by atoms with Gasteiger partial charge in [0.2, 0.25) is 0 Å². The number of carbonyl (C=O) groups is 2. The van der Waals surface area contributed by atoms with Crippen molar-refractivity contribution in [2.45, 2.75) is 39.2 Å². The maximum Gasteiger partial charge on any atom is 0.313 e. The molecule has 0 bridgehead atoms. The first-order valence-corrected chi connectivity index (χ1v) is 6.89. The lowest BCUT2D eigenvalue weighted by molar-refractivity contribution is -0.136. The van der Waals surface area contributed by atoms with Crippen molar-refractivity contribution in [2.24, 2.45) is 0 Å². The van der Waals surface area contributed by atoms with E-state index in [9.17, 15) is 9.59 Å². The van der Waals surface area contributed by atoms with Crippen molar-refractivity contribution < 1.29 is 14.7 Å². The summed E-state index contributed by atoms with van der Waals surface area (Å²) in [4.78, 5) is 23.0. The van der Waals surface area contributed by atoms with Gasteiger partial charge in [-0.25, -0.2) is 0 Å². The van der Waals surface area contributed by atoms with E-state index in [1.807, 2.05) is 12.1 Å². The smallest absolute Gasteiger partial charge is 0.313 e. The average Bonchev–Trinajstić information content (AvgIpc) is 2.43. The van der Waals surface area contributed by atoms with Crippen LogP contribution < -0.4 is 10.6 Å². The van der Waals surface area contributed by atoms with E-state index in [0.29, 0.717) is 5.69 Å². The highest BCUT2D eigenvalue weighted by molar-refractivity contribution is 6.39. The first-order valence-electron chi connectivity index (χ1n) is 6.89. The number of hydrogen-bond donors (Lipinski definition) is 3. The van der Waals surface area contributed by atoms with Gasteiger partial charge in [0.25, 0.3) is 0 Å². The summed E-state index contributed by atoms with van der Waals surface area (Å²) in [5.74, 6) is -1.48. The van der Waals surface area contributed by atoms with Gasteiger partial charge in [-0.15, -0.1) is 0 Å². The molecular weight excluding hydrogens is 256 g/mol. The largest absolute Gasteiger partial charge is 0.392 e. The van der Waals surface area contributed by atoms with Gasteiger partial charge in [0.05, 0.1) is 6.10 Å². The Balaban J connectivity index is 2.47. The lowest BCUT2D eigenvalue weighted by atomic mass is 10.1. The third-order valence-electron chi connectivity index (χ3n) is 2.80. The third kappa shape index (κ3) is 5.84. The first kappa shape index (κ1) is 16.2. The Morgan fingerprint density at radius 2 is 1.85 bits per heavy atom. The number of unbranched alkanes of at least 4 members (excludes halogenated alkanes) is 1. The zero-order chi connectivity index (χ0) is 15.0. The minimum atomic E-state index is -0.749. The van der Waals surface area contributed by atoms with Crippen LogP contribution in [0.25, 0.3) is 0 Å². The molecule has 1 aromatic carbocycles. The van der Waals surface area contributed by atoms with E-state index in [4.69, 9.17) is 5.11 Å². The van der Waals surface area contributed by atoms with Crippen LogP contribution in [0, 0.1) is 0 Å². The number of anilines is 1. The summed E-state index contributed by atoms with van der Waals surface area (Å²) in [6, 6.07) is 7.45. The van der Waals surface area contributed by atoms with E-state index < -0.39 is 17.9 Å². The van der Waals surface area contributed by atoms with Crippen molar-refractivity contribution in [3.8, 4) is 0 Å². The lowest BCUT2D eigenvalue weighted by Gasteiger charge is -2.08. The second-order valence-electron chi connectivity index (χ2n) is 4.81. The van der Waals surface area contributed by atoms with Crippen molar-refractivity contribution in [2.75, 3.05) is 11.9 Å². The topological polar surface area (TPSA) is 78.4 Å². The maximum atomic E-state index is 11.6. The summed E-state index contributed by atoms with van der Waals surface area (Å²) in [5, 5.41) is 13.9. The van der Waals surface area contributed by atoms with Gasteiger partial charge in [-0.2, -0.15) is 0 Å². The van der Waals surface area contributed by atoms with Crippen LogP contribution in [-0.4, -0.2) is 29.6 Å². The SMILES string of the molecule is CCCCc1ccc(NC(=O)C(=O)NC[C@H](C)O)cc1. The highest BCUT2D eigenvalue weighted by atomic mass is 16.3. The van der Waals surface area contributed by atoms with Gasteiger partial charge >= 0.3 is 11.8 Å². The standard InChI is InChI=1S/C15H22N2O3/c1-3-4-5-12-6-8-13(9-7-12)17-15(20)14(19)16-10-11(2)18/h6-9,11,18H,3-5,10H2,1-2H3,(H,16,19)(H,17,20)/t11-/m0/s1. The van der Waals surface area contributed by atoms with Crippen LogP contribution in [0.15, 0.2) is 24.3 Å². The van der Waals surface area contributed by atoms with Crippen LogP contribution in [-0.2, 0) is 16.0 Å². The van der Waals surface area contributed by atoms with E-state index in [1.165, 1.54) is 12.5 Å². The second-order valence-corrected chi connectivity index (χ2v) is 4.81. The Morgan fingerprint density at radius 1 is 1.20 bits per heavy atom. The molecule has 0 unspecified atom stereocenters. The molecule has 3 N–H and O–H groups in total. The van der Waals surface area contributed by atoms with Crippen molar-refractivity contribution in [3.63, 3.8) is 0 Å². The van der Waals surface area contributed by atoms with Crippen molar-refractivity contribution in [1.29, 1.82) is 0 Å². The number of rotatable bonds is 6. The molecule has 1 aromatic rings. The van der Waals surface area contributed by atoms with Gasteiger partial charge in [0, 0.05) is 12.2 Å². The molecule has 110 valence electrons. The van der Waals surface area contributed by atoms with Crippen LogP contribution in [0.4, 0.5) is 5.69 Å². The number of aliphatic hydroxyl groups is 1. The van der Waals surface area contributed by atoms with Gasteiger partial charge in [-0.3, -0.25) is 9.59 Å². The van der Waals surface area contributed by atoms with Gasteiger partial charge in [0.15, 0.2) is 0 Å². The summed E-state index contributed by atoms with van der Waals surface area (Å²) >= 11 is 0. The van der Waals surface area contributed by atoms with Crippen molar-refractivity contribution in [1.82, 2.24) is 5.32 Å². The molecule has 0 aliphatic heterocycles. The normalized spacial score (nSPS) is 11.8. The molecule has 5 heteroatoms. The number of amides is 2. The van der Waals surface area contributed by atoms with Crippen LogP contribution >= 0.6 is 0 Å². The van der Waals surface area contributed by atoms with Crippen molar-refractivity contribution >= 4 is 17.5 Å². The summed E-state index contributed by atoms with van der Waals surface area (Å²) < 4.78 is 0. The summed E-state index contributed by atoms with van der Waals surface area (Å²) in [6.45, 7) is 3.73.